The molecule has 0 heterocycles. The summed E-state index contributed by atoms with van der Waals surface area (Å²) < 4.78 is 0. The van der Waals surface area contributed by atoms with E-state index in [4.69, 9.17) is 0 Å². The van der Waals surface area contributed by atoms with E-state index in [-0.39, 0.29) is 11.4 Å². The number of phenols is 1. The Morgan fingerprint density at radius 1 is 1.26 bits per heavy atom. The first-order valence-corrected chi connectivity index (χ1v) is 5.65. The minimum atomic E-state index is -0.494. The SMILES string of the molecule is Cc1cc([N+](=O)[O-])cc(C=Nc2ccccc2)c1O. The van der Waals surface area contributed by atoms with Crippen molar-refractivity contribution in [1.82, 2.24) is 0 Å². The highest BCUT2D eigenvalue weighted by molar-refractivity contribution is 5.87. The third-order valence-electron chi connectivity index (χ3n) is 2.63. The summed E-state index contributed by atoms with van der Waals surface area (Å²) in [5, 5.41) is 20.6. The number of aliphatic imine (C=N–C) groups is 1. The van der Waals surface area contributed by atoms with E-state index in [0.29, 0.717) is 16.8 Å². The van der Waals surface area contributed by atoms with Crippen LogP contribution in [0.5, 0.6) is 5.75 Å². The van der Waals surface area contributed by atoms with E-state index in [1.807, 2.05) is 18.2 Å². The van der Waals surface area contributed by atoms with Crippen LogP contribution < -0.4 is 0 Å². The second-order valence-electron chi connectivity index (χ2n) is 4.05. The van der Waals surface area contributed by atoms with Crippen LogP contribution in [-0.4, -0.2) is 16.2 Å². The molecule has 19 heavy (non-hydrogen) atoms. The lowest BCUT2D eigenvalue weighted by atomic mass is 10.1. The molecule has 0 aliphatic heterocycles. The molecule has 5 nitrogen and oxygen atoms in total. The van der Waals surface area contributed by atoms with E-state index in [1.165, 1.54) is 18.3 Å². The molecule has 0 bridgehead atoms. The molecule has 96 valence electrons. The van der Waals surface area contributed by atoms with Gasteiger partial charge < -0.3 is 5.11 Å². The molecule has 2 aromatic carbocycles. The summed E-state index contributed by atoms with van der Waals surface area (Å²) >= 11 is 0. The van der Waals surface area contributed by atoms with Crippen LogP contribution in [0.15, 0.2) is 47.5 Å². The summed E-state index contributed by atoms with van der Waals surface area (Å²) in [5.41, 5.74) is 1.43. The molecule has 1 N–H and O–H groups in total. The second-order valence-corrected chi connectivity index (χ2v) is 4.05. The molecule has 0 aromatic heterocycles. The van der Waals surface area contributed by atoms with E-state index < -0.39 is 4.92 Å². The van der Waals surface area contributed by atoms with Gasteiger partial charge in [0.05, 0.1) is 10.6 Å². The molecule has 0 aliphatic rings. The van der Waals surface area contributed by atoms with Gasteiger partial charge in [0.2, 0.25) is 0 Å². The summed E-state index contributed by atoms with van der Waals surface area (Å²) in [6.45, 7) is 1.61. The predicted octanol–water partition coefficient (Wildman–Crippen LogP) is 3.36. The number of nitrogens with zero attached hydrogens (tertiary/aromatic N) is 2. The highest BCUT2D eigenvalue weighted by atomic mass is 16.6. The smallest absolute Gasteiger partial charge is 0.270 e. The molecule has 5 heteroatoms. The average molecular weight is 256 g/mol. The van der Waals surface area contributed by atoms with Crippen LogP contribution in [0.4, 0.5) is 11.4 Å². The van der Waals surface area contributed by atoms with Gasteiger partial charge in [-0.1, -0.05) is 18.2 Å². The van der Waals surface area contributed by atoms with Gasteiger partial charge in [-0.05, 0) is 24.6 Å². The lowest BCUT2D eigenvalue weighted by Crippen LogP contribution is -1.93. The molecule has 0 radical (unpaired) electrons. The number of benzene rings is 2. The van der Waals surface area contributed by atoms with Gasteiger partial charge in [-0.2, -0.15) is 0 Å². The highest BCUT2D eigenvalue weighted by Gasteiger charge is 2.12. The summed E-state index contributed by atoms with van der Waals surface area (Å²) in [7, 11) is 0. The first kappa shape index (κ1) is 12.8. The van der Waals surface area contributed by atoms with Crippen LogP contribution in [0.25, 0.3) is 0 Å². The van der Waals surface area contributed by atoms with Gasteiger partial charge >= 0.3 is 0 Å². The molecule has 2 rings (SSSR count). The minimum Gasteiger partial charge on any atom is -0.507 e. The molecule has 0 unspecified atom stereocenters. The van der Waals surface area contributed by atoms with E-state index in [1.54, 1.807) is 19.1 Å². The monoisotopic (exact) mass is 256 g/mol. The number of aryl methyl sites for hydroxylation is 1. The summed E-state index contributed by atoms with van der Waals surface area (Å²) in [6.07, 6.45) is 1.42. The van der Waals surface area contributed by atoms with Crippen LogP contribution in [0.2, 0.25) is 0 Å². The normalized spacial score (nSPS) is 10.8. The Morgan fingerprint density at radius 3 is 2.58 bits per heavy atom. The number of para-hydroxylation sites is 1. The van der Waals surface area contributed by atoms with Crippen molar-refractivity contribution in [2.45, 2.75) is 6.92 Å². The minimum absolute atomic E-state index is 0.00489. The first-order chi connectivity index (χ1) is 9.08. The lowest BCUT2D eigenvalue weighted by molar-refractivity contribution is -0.384. The van der Waals surface area contributed by atoms with Crippen molar-refractivity contribution < 1.29 is 10.0 Å². The molecule has 0 amide bonds. The molecular formula is C14H12N2O3. The third kappa shape index (κ3) is 2.95. The highest BCUT2D eigenvalue weighted by Crippen LogP contribution is 2.26. The van der Waals surface area contributed by atoms with E-state index in [0.717, 1.165) is 0 Å². The lowest BCUT2D eigenvalue weighted by Gasteiger charge is -2.03. The summed E-state index contributed by atoms with van der Waals surface area (Å²) in [5.74, 6) is 0.00489. The maximum atomic E-state index is 10.8. The fraction of sp³-hybridized carbons (Fsp3) is 0.0714. The summed E-state index contributed by atoms with van der Waals surface area (Å²) in [4.78, 5) is 14.4. The summed E-state index contributed by atoms with van der Waals surface area (Å²) in [6, 6.07) is 11.8. The maximum Gasteiger partial charge on any atom is 0.270 e. The van der Waals surface area contributed by atoms with Crippen molar-refractivity contribution in [2.24, 2.45) is 4.99 Å². The Kier molecular flexibility index (Phi) is 3.56. The average Bonchev–Trinajstić information content (AvgIpc) is 2.41. The number of nitro groups is 1. The van der Waals surface area contributed by atoms with E-state index in [2.05, 4.69) is 4.99 Å². The van der Waals surface area contributed by atoms with Gasteiger partial charge in [0.1, 0.15) is 5.75 Å². The van der Waals surface area contributed by atoms with Gasteiger partial charge in [-0.15, -0.1) is 0 Å². The Balaban J connectivity index is 2.39. The quantitative estimate of drug-likeness (QED) is 0.519. The van der Waals surface area contributed by atoms with Gasteiger partial charge in [0, 0.05) is 23.9 Å². The second kappa shape index (κ2) is 5.30. The fourth-order valence-electron chi connectivity index (χ4n) is 1.65. The Bertz CT molecular complexity index is 637. The fourth-order valence-corrected chi connectivity index (χ4v) is 1.65. The number of hydrogen-bond donors (Lipinski definition) is 1. The van der Waals surface area contributed by atoms with Crippen molar-refractivity contribution in [3.63, 3.8) is 0 Å². The van der Waals surface area contributed by atoms with Gasteiger partial charge in [-0.3, -0.25) is 15.1 Å². The topological polar surface area (TPSA) is 75.7 Å². The van der Waals surface area contributed by atoms with Crippen LogP contribution in [-0.2, 0) is 0 Å². The molecule has 0 fully saturated rings. The zero-order valence-corrected chi connectivity index (χ0v) is 10.3. The van der Waals surface area contributed by atoms with Crippen molar-refractivity contribution in [1.29, 1.82) is 0 Å². The molecule has 0 saturated carbocycles. The number of nitro benzene ring substituents is 1. The van der Waals surface area contributed by atoms with Crippen molar-refractivity contribution in [3.05, 3.63) is 63.7 Å². The zero-order chi connectivity index (χ0) is 13.8. The Labute approximate surface area is 110 Å². The van der Waals surface area contributed by atoms with Crippen LogP contribution in [0.3, 0.4) is 0 Å². The molecule has 0 spiro atoms. The van der Waals surface area contributed by atoms with Crippen LogP contribution >= 0.6 is 0 Å². The zero-order valence-electron chi connectivity index (χ0n) is 10.3. The van der Waals surface area contributed by atoms with E-state index in [9.17, 15) is 15.2 Å². The Morgan fingerprint density at radius 2 is 1.95 bits per heavy atom. The molecule has 2 aromatic rings. The third-order valence-corrected chi connectivity index (χ3v) is 2.63. The van der Waals surface area contributed by atoms with Crippen LogP contribution in [0.1, 0.15) is 11.1 Å². The molecule has 0 aliphatic carbocycles. The predicted molar refractivity (Wildman–Crippen MR) is 73.2 cm³/mol. The van der Waals surface area contributed by atoms with Gasteiger partial charge in [0.25, 0.3) is 5.69 Å². The number of hydrogen-bond acceptors (Lipinski definition) is 4. The Hall–Kier alpha value is -2.69. The molecule has 0 saturated heterocycles. The first-order valence-electron chi connectivity index (χ1n) is 5.65. The largest absolute Gasteiger partial charge is 0.507 e. The van der Waals surface area contributed by atoms with Gasteiger partial charge in [0.15, 0.2) is 0 Å². The molecular weight excluding hydrogens is 244 g/mol. The van der Waals surface area contributed by atoms with E-state index >= 15 is 0 Å². The number of non-ortho nitro benzene ring substituents is 1. The van der Waals surface area contributed by atoms with Crippen LogP contribution in [0, 0.1) is 17.0 Å². The standard InChI is InChI=1S/C14H12N2O3/c1-10-7-13(16(18)19)8-11(14(10)17)9-15-12-5-3-2-4-6-12/h2-9,17H,1H3. The molecule has 0 atom stereocenters. The number of aromatic hydroxyl groups is 1. The van der Waals surface area contributed by atoms with Crippen molar-refractivity contribution >= 4 is 17.6 Å². The maximum absolute atomic E-state index is 10.8. The van der Waals surface area contributed by atoms with Crippen molar-refractivity contribution in [3.8, 4) is 5.75 Å². The van der Waals surface area contributed by atoms with Crippen molar-refractivity contribution in [2.75, 3.05) is 0 Å². The number of phenolic OH excluding ortho intramolecular Hbond substituents is 1. The number of rotatable bonds is 3. The van der Waals surface area contributed by atoms with Gasteiger partial charge in [-0.25, -0.2) is 0 Å².